The van der Waals surface area contributed by atoms with E-state index >= 15 is 0 Å². The number of benzene rings is 2. The molecule has 4 heteroatoms. The van der Waals surface area contributed by atoms with Gasteiger partial charge in [-0.15, -0.1) is 0 Å². The number of para-hydroxylation sites is 1. The highest BCUT2D eigenvalue weighted by Crippen LogP contribution is 2.30. The molecule has 4 rings (SSSR count). The Morgan fingerprint density at radius 2 is 1.97 bits per heavy atom. The Kier molecular flexibility index (Phi) is 5.96. The molecule has 2 aromatic carbocycles. The van der Waals surface area contributed by atoms with Crippen LogP contribution in [0.1, 0.15) is 44.2 Å². The van der Waals surface area contributed by atoms with Gasteiger partial charge >= 0.3 is 0 Å². The van der Waals surface area contributed by atoms with Crippen molar-refractivity contribution in [1.29, 1.82) is 0 Å². The molecule has 0 saturated heterocycles. The summed E-state index contributed by atoms with van der Waals surface area (Å²) in [5, 5.41) is 5.21. The molecule has 1 fully saturated rings. The largest absolute Gasteiger partial charge is 0.353 e. The van der Waals surface area contributed by atoms with Crippen LogP contribution in [0.15, 0.2) is 54.7 Å². The van der Waals surface area contributed by atoms with Crippen LogP contribution in [-0.2, 0) is 17.8 Å². The van der Waals surface area contributed by atoms with Crippen molar-refractivity contribution in [1.82, 2.24) is 9.88 Å². The van der Waals surface area contributed by atoms with Gasteiger partial charge in [0.1, 0.15) is 0 Å². The van der Waals surface area contributed by atoms with E-state index in [2.05, 4.69) is 48.1 Å². The van der Waals surface area contributed by atoms with Crippen LogP contribution in [0.25, 0.3) is 10.9 Å². The van der Waals surface area contributed by atoms with Gasteiger partial charge in [-0.05, 0) is 47.6 Å². The molecule has 152 valence electrons. The summed E-state index contributed by atoms with van der Waals surface area (Å²) in [6, 6.07) is 16.6. The first-order valence-electron chi connectivity index (χ1n) is 10.6. The molecule has 1 N–H and O–H groups in total. The molecule has 0 aliphatic heterocycles. The van der Waals surface area contributed by atoms with Crippen LogP contribution in [0.3, 0.4) is 0 Å². The Labute approximate surface area is 178 Å². The number of halogens is 1. The molecule has 1 aliphatic rings. The van der Waals surface area contributed by atoms with Crippen molar-refractivity contribution in [3.05, 3.63) is 70.9 Å². The first-order valence-corrected chi connectivity index (χ1v) is 11.0. The summed E-state index contributed by atoms with van der Waals surface area (Å²) in [4.78, 5) is 12.9. The van der Waals surface area contributed by atoms with E-state index in [4.69, 9.17) is 11.6 Å². The maximum atomic E-state index is 12.9. The minimum atomic E-state index is 0.126. The van der Waals surface area contributed by atoms with Crippen molar-refractivity contribution >= 4 is 28.4 Å². The average Bonchev–Trinajstić information content (AvgIpc) is 3.03. The zero-order chi connectivity index (χ0) is 20.4. The third-order valence-corrected chi connectivity index (χ3v) is 6.75. The molecule has 3 aromatic rings. The Bertz CT molecular complexity index is 1010. The number of fused-ring (bicyclic) bond motifs is 1. The quantitative estimate of drug-likeness (QED) is 0.566. The van der Waals surface area contributed by atoms with Crippen LogP contribution in [0.4, 0.5) is 0 Å². The Morgan fingerprint density at radius 1 is 1.14 bits per heavy atom. The predicted molar refractivity (Wildman–Crippen MR) is 120 cm³/mol. The molecule has 0 bridgehead atoms. The average molecular weight is 409 g/mol. The highest BCUT2D eigenvalue weighted by molar-refractivity contribution is 6.30. The second-order valence-electron chi connectivity index (χ2n) is 8.55. The van der Waals surface area contributed by atoms with Gasteiger partial charge < -0.3 is 9.88 Å². The molecule has 0 spiro atoms. The van der Waals surface area contributed by atoms with Gasteiger partial charge in [-0.2, -0.15) is 0 Å². The van der Waals surface area contributed by atoms with Gasteiger partial charge in [-0.1, -0.05) is 68.6 Å². The van der Waals surface area contributed by atoms with Crippen LogP contribution in [0.2, 0.25) is 5.02 Å². The van der Waals surface area contributed by atoms with Crippen molar-refractivity contribution in [3.8, 4) is 0 Å². The lowest BCUT2D eigenvalue weighted by atomic mass is 9.78. The molecule has 3 atom stereocenters. The topological polar surface area (TPSA) is 34.0 Å². The van der Waals surface area contributed by atoms with Crippen molar-refractivity contribution in [2.24, 2.45) is 11.8 Å². The van der Waals surface area contributed by atoms with E-state index in [0.717, 1.165) is 40.0 Å². The number of carbonyl (C=O) groups is 1. The minimum absolute atomic E-state index is 0.126. The van der Waals surface area contributed by atoms with Gasteiger partial charge in [-0.25, -0.2) is 0 Å². The Balaban J connectivity index is 1.54. The number of carbonyl (C=O) groups excluding carboxylic acids is 1. The number of nitrogens with one attached hydrogen (secondary N) is 1. The fourth-order valence-corrected chi connectivity index (χ4v) is 4.86. The summed E-state index contributed by atoms with van der Waals surface area (Å²) >= 11 is 6.16. The lowest BCUT2D eigenvalue weighted by Gasteiger charge is -2.34. The summed E-state index contributed by atoms with van der Waals surface area (Å²) in [5.41, 5.74) is 3.38. The predicted octanol–water partition coefficient (Wildman–Crippen LogP) is 5.83. The lowest BCUT2D eigenvalue weighted by molar-refractivity contribution is -0.121. The molecule has 1 amide bonds. The van der Waals surface area contributed by atoms with Crippen LogP contribution in [-0.4, -0.2) is 16.5 Å². The summed E-state index contributed by atoms with van der Waals surface area (Å²) < 4.78 is 2.22. The maximum absolute atomic E-state index is 12.9. The van der Waals surface area contributed by atoms with E-state index in [1.807, 2.05) is 30.3 Å². The third kappa shape index (κ3) is 4.51. The third-order valence-electron chi connectivity index (χ3n) is 6.52. The van der Waals surface area contributed by atoms with Crippen LogP contribution in [0.5, 0.6) is 0 Å². The van der Waals surface area contributed by atoms with Gasteiger partial charge in [0.05, 0.1) is 6.42 Å². The molecular weight excluding hydrogens is 380 g/mol. The fraction of sp³-hybridized carbons (Fsp3) is 0.400. The Morgan fingerprint density at radius 3 is 2.79 bits per heavy atom. The van der Waals surface area contributed by atoms with E-state index in [1.165, 1.54) is 12.8 Å². The van der Waals surface area contributed by atoms with Gasteiger partial charge in [0.2, 0.25) is 5.91 Å². The van der Waals surface area contributed by atoms with E-state index in [0.29, 0.717) is 24.3 Å². The molecule has 0 unspecified atom stereocenters. The number of hydrogen-bond acceptors (Lipinski definition) is 1. The molecule has 3 nitrogen and oxygen atoms in total. The Hall–Kier alpha value is -2.26. The fourth-order valence-electron chi connectivity index (χ4n) is 4.64. The SMILES string of the molecule is C[C@H]1[C@H](C)CCC[C@@H]1NC(=O)Cc1cn(Cc2cccc(Cl)c2)c2ccccc12. The molecule has 0 radical (unpaired) electrons. The number of nitrogens with zero attached hydrogens (tertiary/aromatic N) is 1. The van der Waals surface area contributed by atoms with E-state index in [-0.39, 0.29) is 5.91 Å². The van der Waals surface area contributed by atoms with Gasteiger partial charge in [0.15, 0.2) is 0 Å². The van der Waals surface area contributed by atoms with Gasteiger partial charge in [0.25, 0.3) is 0 Å². The maximum Gasteiger partial charge on any atom is 0.224 e. The second-order valence-corrected chi connectivity index (χ2v) is 8.98. The first-order chi connectivity index (χ1) is 14.0. The normalized spacial score (nSPS) is 22.0. The molecule has 1 heterocycles. The first kappa shape index (κ1) is 20.0. The smallest absolute Gasteiger partial charge is 0.224 e. The van der Waals surface area contributed by atoms with Crippen molar-refractivity contribution in [2.45, 2.75) is 52.1 Å². The lowest BCUT2D eigenvalue weighted by Crippen LogP contribution is -2.44. The molecular formula is C25H29ClN2O. The minimum Gasteiger partial charge on any atom is -0.353 e. The van der Waals surface area contributed by atoms with Crippen LogP contribution < -0.4 is 5.32 Å². The van der Waals surface area contributed by atoms with Gasteiger partial charge in [-0.3, -0.25) is 4.79 Å². The van der Waals surface area contributed by atoms with Crippen molar-refractivity contribution in [3.63, 3.8) is 0 Å². The van der Waals surface area contributed by atoms with E-state index in [1.54, 1.807) is 0 Å². The number of rotatable bonds is 5. The van der Waals surface area contributed by atoms with Crippen molar-refractivity contribution < 1.29 is 4.79 Å². The summed E-state index contributed by atoms with van der Waals surface area (Å²) in [5.74, 6) is 1.34. The zero-order valence-corrected chi connectivity index (χ0v) is 18.0. The van der Waals surface area contributed by atoms with E-state index < -0.39 is 0 Å². The highest BCUT2D eigenvalue weighted by Gasteiger charge is 2.28. The number of amides is 1. The molecule has 29 heavy (non-hydrogen) atoms. The molecule has 1 aromatic heterocycles. The van der Waals surface area contributed by atoms with Crippen LogP contribution >= 0.6 is 11.6 Å². The zero-order valence-electron chi connectivity index (χ0n) is 17.2. The summed E-state index contributed by atoms with van der Waals surface area (Å²) in [6.45, 7) is 5.30. The highest BCUT2D eigenvalue weighted by atomic mass is 35.5. The van der Waals surface area contributed by atoms with Gasteiger partial charge in [0, 0.05) is 34.7 Å². The number of aromatic nitrogens is 1. The monoisotopic (exact) mass is 408 g/mol. The number of hydrogen-bond donors (Lipinski definition) is 1. The molecule has 1 aliphatic carbocycles. The molecule has 1 saturated carbocycles. The standard InChI is InChI=1S/C25H29ClN2O/c1-17-7-5-11-23(18(17)2)27-25(29)14-20-16-28(24-12-4-3-10-22(20)24)15-19-8-6-9-21(26)13-19/h3-4,6,8-10,12-13,16-18,23H,5,7,11,14-15H2,1-2H3,(H,27,29)/t17-,18+,23+/m1/s1. The second kappa shape index (κ2) is 8.62. The van der Waals surface area contributed by atoms with Crippen LogP contribution in [0, 0.1) is 11.8 Å². The summed E-state index contributed by atoms with van der Waals surface area (Å²) in [6.07, 6.45) is 6.10. The van der Waals surface area contributed by atoms with E-state index in [9.17, 15) is 4.79 Å². The van der Waals surface area contributed by atoms with Crippen molar-refractivity contribution in [2.75, 3.05) is 0 Å². The summed E-state index contributed by atoms with van der Waals surface area (Å²) in [7, 11) is 0.